The molecule has 1 aliphatic rings. The van der Waals surface area contributed by atoms with Gasteiger partial charge < -0.3 is 10.2 Å². The summed E-state index contributed by atoms with van der Waals surface area (Å²) >= 11 is 0. The first-order valence-corrected chi connectivity index (χ1v) is 10.6. The summed E-state index contributed by atoms with van der Waals surface area (Å²) in [6.45, 7) is 4.83. The second-order valence-corrected chi connectivity index (χ2v) is 8.47. The minimum atomic E-state index is -0.670. The minimum absolute atomic E-state index is 0.00303. The van der Waals surface area contributed by atoms with Gasteiger partial charge in [-0.15, -0.1) is 0 Å². The topological polar surface area (TPSA) is 91.0 Å². The lowest BCUT2D eigenvalue weighted by Gasteiger charge is -2.29. The first-order chi connectivity index (χ1) is 15.0. The minimum Gasteiger partial charge on any atom is -0.353 e. The van der Waals surface area contributed by atoms with Gasteiger partial charge in [0.2, 0.25) is 5.91 Å². The van der Waals surface area contributed by atoms with Gasteiger partial charge in [0, 0.05) is 37.7 Å². The molecule has 0 radical (unpaired) electrons. The molecular formula is C24H27N5O2. The van der Waals surface area contributed by atoms with E-state index in [1.54, 1.807) is 29.6 Å². The van der Waals surface area contributed by atoms with Gasteiger partial charge >= 0.3 is 0 Å². The highest BCUT2D eigenvalue weighted by molar-refractivity contribution is 5.93. The number of benzene rings is 1. The molecule has 1 saturated heterocycles. The van der Waals surface area contributed by atoms with Gasteiger partial charge in [-0.1, -0.05) is 24.3 Å². The molecule has 1 fully saturated rings. The van der Waals surface area contributed by atoms with E-state index in [0.29, 0.717) is 31.6 Å². The lowest BCUT2D eigenvalue weighted by atomic mass is 9.79. The van der Waals surface area contributed by atoms with Crippen LogP contribution in [0.2, 0.25) is 0 Å². The molecule has 0 unspecified atom stereocenters. The number of pyridine rings is 1. The molecule has 0 saturated carbocycles. The molecule has 0 bridgehead atoms. The number of hydrogen-bond donors (Lipinski definition) is 2. The smallest absolute Gasteiger partial charge is 0.271 e. The average Bonchev–Trinajstić information content (AvgIpc) is 3.45. The van der Waals surface area contributed by atoms with Gasteiger partial charge in [0.1, 0.15) is 5.69 Å². The molecule has 2 aromatic heterocycles. The molecular weight excluding hydrogens is 390 g/mol. The van der Waals surface area contributed by atoms with Gasteiger partial charge in [-0.3, -0.25) is 19.7 Å². The molecule has 160 valence electrons. The predicted octanol–water partition coefficient (Wildman–Crippen LogP) is 3.07. The molecule has 1 aliphatic heterocycles. The number of amides is 2. The van der Waals surface area contributed by atoms with E-state index in [0.717, 1.165) is 16.7 Å². The number of likely N-dealkylation sites (tertiary alicyclic amines) is 1. The van der Waals surface area contributed by atoms with E-state index >= 15 is 0 Å². The van der Waals surface area contributed by atoms with Crippen LogP contribution in [0.1, 0.15) is 36.3 Å². The second-order valence-electron chi connectivity index (χ2n) is 8.47. The molecule has 0 aliphatic carbocycles. The molecule has 4 rings (SSSR count). The largest absolute Gasteiger partial charge is 0.353 e. The number of aromatic nitrogens is 3. The van der Waals surface area contributed by atoms with E-state index in [9.17, 15) is 9.59 Å². The number of rotatable bonds is 6. The number of carbonyl (C=O) groups excluding carboxylic acids is 2. The fourth-order valence-corrected chi connectivity index (χ4v) is 4.21. The average molecular weight is 418 g/mol. The van der Waals surface area contributed by atoms with Gasteiger partial charge in [-0.2, -0.15) is 5.10 Å². The third kappa shape index (κ3) is 4.50. The van der Waals surface area contributed by atoms with Crippen molar-refractivity contribution in [2.75, 3.05) is 13.1 Å². The maximum absolute atomic E-state index is 13.3. The van der Waals surface area contributed by atoms with Crippen LogP contribution in [-0.2, 0) is 11.2 Å². The van der Waals surface area contributed by atoms with Crippen LogP contribution in [0.15, 0.2) is 61.1 Å². The summed E-state index contributed by atoms with van der Waals surface area (Å²) in [4.78, 5) is 32.0. The van der Waals surface area contributed by atoms with E-state index in [2.05, 4.69) is 38.7 Å². The standard InChI is InChI=1S/C24H27N5O2/c1-17(2)27-23(31)24(9-13-29(16-24)22(30)21-8-12-26-28-21)15-18-4-3-5-20(14-18)19-6-10-25-11-7-19/h3-8,10-12,14,17H,9,13,15-16H2,1-2H3,(H,26,28)(H,27,31)/t24-/m0/s1. The van der Waals surface area contributed by atoms with Crippen LogP contribution in [0.3, 0.4) is 0 Å². The Morgan fingerprint density at radius 1 is 1.13 bits per heavy atom. The first-order valence-electron chi connectivity index (χ1n) is 10.6. The summed E-state index contributed by atoms with van der Waals surface area (Å²) in [5.41, 5.74) is 3.02. The normalized spacial score (nSPS) is 18.4. The highest BCUT2D eigenvalue weighted by Crippen LogP contribution is 2.36. The lowest BCUT2D eigenvalue weighted by Crippen LogP contribution is -2.47. The van der Waals surface area contributed by atoms with Crippen molar-refractivity contribution in [1.29, 1.82) is 0 Å². The maximum Gasteiger partial charge on any atom is 0.271 e. The van der Waals surface area contributed by atoms with Crippen LogP contribution < -0.4 is 5.32 Å². The lowest BCUT2D eigenvalue weighted by molar-refractivity contribution is -0.130. The van der Waals surface area contributed by atoms with E-state index in [-0.39, 0.29) is 17.9 Å². The number of nitrogens with zero attached hydrogens (tertiary/aromatic N) is 3. The highest BCUT2D eigenvalue weighted by Gasteiger charge is 2.46. The van der Waals surface area contributed by atoms with Crippen LogP contribution in [-0.4, -0.2) is 51.0 Å². The van der Waals surface area contributed by atoms with E-state index < -0.39 is 5.41 Å². The molecule has 7 nitrogen and oxygen atoms in total. The molecule has 31 heavy (non-hydrogen) atoms. The monoisotopic (exact) mass is 417 g/mol. The Morgan fingerprint density at radius 3 is 2.65 bits per heavy atom. The Kier molecular flexibility index (Phi) is 5.84. The summed E-state index contributed by atoms with van der Waals surface area (Å²) in [6.07, 6.45) is 6.29. The third-order valence-electron chi connectivity index (χ3n) is 5.76. The summed E-state index contributed by atoms with van der Waals surface area (Å²) in [7, 11) is 0. The van der Waals surface area contributed by atoms with Crippen LogP contribution in [0.4, 0.5) is 0 Å². The van der Waals surface area contributed by atoms with Crippen molar-refractivity contribution in [2.45, 2.75) is 32.7 Å². The Morgan fingerprint density at radius 2 is 1.94 bits per heavy atom. The number of H-pyrrole nitrogens is 1. The Labute approximate surface area is 181 Å². The van der Waals surface area contributed by atoms with Crippen LogP contribution in [0.25, 0.3) is 11.1 Å². The number of hydrogen-bond acceptors (Lipinski definition) is 4. The molecule has 3 aromatic rings. The first kappa shape index (κ1) is 20.8. The maximum atomic E-state index is 13.3. The second kappa shape index (κ2) is 8.71. The van der Waals surface area contributed by atoms with Crippen molar-refractivity contribution in [3.63, 3.8) is 0 Å². The van der Waals surface area contributed by atoms with Crippen LogP contribution in [0.5, 0.6) is 0 Å². The van der Waals surface area contributed by atoms with Crippen molar-refractivity contribution >= 4 is 11.8 Å². The zero-order valence-electron chi connectivity index (χ0n) is 17.8. The Hall–Kier alpha value is -3.48. The summed E-state index contributed by atoms with van der Waals surface area (Å²) in [5, 5.41) is 9.69. The van der Waals surface area contributed by atoms with E-state index in [1.165, 1.54) is 0 Å². The zero-order valence-corrected chi connectivity index (χ0v) is 17.8. The molecule has 2 N–H and O–H groups in total. The molecule has 7 heteroatoms. The van der Waals surface area contributed by atoms with Crippen molar-refractivity contribution in [3.05, 3.63) is 72.3 Å². The quantitative estimate of drug-likeness (QED) is 0.645. The molecule has 1 atom stereocenters. The van der Waals surface area contributed by atoms with Gasteiger partial charge in [-0.25, -0.2) is 0 Å². The summed E-state index contributed by atoms with van der Waals surface area (Å²) < 4.78 is 0. The zero-order chi connectivity index (χ0) is 21.8. The number of nitrogens with one attached hydrogen (secondary N) is 2. The van der Waals surface area contributed by atoms with Gasteiger partial charge in [0.25, 0.3) is 5.91 Å². The molecule has 3 heterocycles. The molecule has 1 aromatic carbocycles. The van der Waals surface area contributed by atoms with Crippen LogP contribution >= 0.6 is 0 Å². The van der Waals surface area contributed by atoms with E-state index in [4.69, 9.17) is 0 Å². The summed E-state index contributed by atoms with van der Waals surface area (Å²) in [5.74, 6) is -0.126. The summed E-state index contributed by atoms with van der Waals surface area (Å²) in [6, 6.07) is 13.9. The van der Waals surface area contributed by atoms with Crippen molar-refractivity contribution in [3.8, 4) is 11.1 Å². The number of carbonyl (C=O) groups is 2. The predicted molar refractivity (Wildman–Crippen MR) is 118 cm³/mol. The Bertz CT molecular complexity index is 1050. The van der Waals surface area contributed by atoms with Gasteiger partial charge in [-0.05, 0) is 61.6 Å². The number of aromatic amines is 1. The highest BCUT2D eigenvalue weighted by atomic mass is 16.2. The fraction of sp³-hybridized carbons (Fsp3) is 0.333. The van der Waals surface area contributed by atoms with Crippen LogP contribution in [0, 0.1) is 5.41 Å². The van der Waals surface area contributed by atoms with Crippen molar-refractivity contribution < 1.29 is 9.59 Å². The third-order valence-corrected chi connectivity index (χ3v) is 5.76. The van der Waals surface area contributed by atoms with Gasteiger partial charge in [0.15, 0.2) is 0 Å². The van der Waals surface area contributed by atoms with Crippen molar-refractivity contribution in [2.24, 2.45) is 5.41 Å². The fourth-order valence-electron chi connectivity index (χ4n) is 4.21. The van der Waals surface area contributed by atoms with E-state index in [1.807, 2.05) is 32.0 Å². The molecule has 2 amide bonds. The SMILES string of the molecule is CC(C)NC(=O)[C@]1(Cc2cccc(-c3ccncc3)c2)CCN(C(=O)c2ccn[nH]2)C1. The molecule has 0 spiro atoms. The Balaban J connectivity index is 1.61. The van der Waals surface area contributed by atoms with Crippen molar-refractivity contribution in [1.82, 2.24) is 25.4 Å². The van der Waals surface area contributed by atoms with Gasteiger partial charge in [0.05, 0.1) is 5.41 Å².